The van der Waals surface area contributed by atoms with Gasteiger partial charge in [-0.05, 0) is 0 Å². The zero-order chi connectivity index (χ0) is 13.6. The predicted octanol–water partition coefficient (Wildman–Crippen LogP) is 0.0267. The van der Waals surface area contributed by atoms with Gasteiger partial charge in [0.05, 0.1) is 0 Å². The Morgan fingerprint density at radius 1 is 0.810 bits per heavy atom. The second kappa shape index (κ2) is 7.22. The van der Waals surface area contributed by atoms with Crippen molar-refractivity contribution in [2.24, 2.45) is 0 Å². The van der Waals surface area contributed by atoms with Crippen molar-refractivity contribution in [2.75, 3.05) is 0 Å². The molecule has 3 heteroatoms. The molecule has 0 aromatic carbocycles. The summed E-state index contributed by atoms with van der Waals surface area (Å²) in [4.78, 5) is 0. The maximum atomic E-state index is 2.52. The molecule has 0 aromatic heterocycles. The molecule has 0 atom stereocenters. The van der Waals surface area contributed by atoms with Crippen LogP contribution in [0.3, 0.4) is 0 Å². The molecule has 0 bridgehead atoms. The maximum absolute atomic E-state index is 2.52. The van der Waals surface area contributed by atoms with Crippen LogP contribution in [0, 0.1) is 0 Å². The van der Waals surface area contributed by atoms with E-state index in [9.17, 15) is 0 Å². The van der Waals surface area contributed by atoms with Crippen molar-refractivity contribution < 1.29 is 41.4 Å². The van der Waals surface area contributed by atoms with E-state index in [0.29, 0.717) is 0 Å². The summed E-state index contributed by atoms with van der Waals surface area (Å²) in [5, 5.41) is 0. The molecule has 0 unspecified atom stereocenters. The van der Waals surface area contributed by atoms with Crippen molar-refractivity contribution in [3.63, 3.8) is 0 Å². The van der Waals surface area contributed by atoms with Crippen LogP contribution in [0.15, 0.2) is 42.2 Å². The first-order chi connectivity index (χ1) is 9.14. The monoisotopic (exact) mass is 360 g/mol. The number of allylic oxidation sites excluding steroid dienone is 8. The average molecular weight is 361 g/mol. The van der Waals surface area contributed by atoms with E-state index in [-0.39, 0.29) is 24.8 Å². The van der Waals surface area contributed by atoms with Gasteiger partial charge in [-0.1, -0.05) is 0 Å². The maximum Gasteiger partial charge on any atom is -1.00 e. The summed E-state index contributed by atoms with van der Waals surface area (Å²) in [6, 6.07) is 0. The van der Waals surface area contributed by atoms with Crippen molar-refractivity contribution >= 4 is 0 Å². The van der Waals surface area contributed by atoms with Crippen LogP contribution >= 0.6 is 0 Å². The molecule has 116 valence electrons. The van der Waals surface area contributed by atoms with Crippen molar-refractivity contribution in [1.82, 2.24) is 0 Å². The van der Waals surface area contributed by atoms with Crippen LogP contribution in [0.2, 0.25) is 9.45 Å². The van der Waals surface area contributed by atoms with Gasteiger partial charge in [-0.15, -0.1) is 0 Å². The fourth-order valence-corrected chi connectivity index (χ4v) is 13.0. The van der Waals surface area contributed by atoms with Gasteiger partial charge in [-0.3, -0.25) is 0 Å². The molecule has 1 saturated heterocycles. The van der Waals surface area contributed by atoms with E-state index < -0.39 is 16.6 Å². The van der Waals surface area contributed by atoms with Crippen LogP contribution in [0.4, 0.5) is 0 Å². The predicted molar refractivity (Wildman–Crippen MR) is 81.0 cm³/mol. The molecule has 1 aliphatic heterocycles. The van der Waals surface area contributed by atoms with Gasteiger partial charge in [0.1, 0.15) is 0 Å². The molecule has 1 fully saturated rings. The summed E-state index contributed by atoms with van der Waals surface area (Å²) in [5.74, 6) is 0. The fourth-order valence-electron chi connectivity index (χ4n) is 4.29. The summed E-state index contributed by atoms with van der Waals surface area (Å²) < 4.78 is 7.04. The van der Waals surface area contributed by atoms with Crippen LogP contribution in [0.5, 0.6) is 0 Å². The molecule has 0 aromatic rings. The van der Waals surface area contributed by atoms with Gasteiger partial charge >= 0.3 is 122 Å². The molecular weight excluding hydrogens is 335 g/mol. The van der Waals surface area contributed by atoms with Gasteiger partial charge < -0.3 is 24.8 Å². The van der Waals surface area contributed by atoms with Gasteiger partial charge in [0, 0.05) is 0 Å². The third-order valence-electron chi connectivity index (χ3n) is 5.64. The SMILES string of the molecule is CCC1=CC[C]([Ti+2]2([C]3=C(C)C(CC)=CC3)[CH2][CH2]2)=C1C.[Cl-].[Cl-]. The Bertz CT molecular complexity index is 500. The van der Waals surface area contributed by atoms with Crippen LogP contribution in [0.1, 0.15) is 53.4 Å². The minimum atomic E-state index is -1.75. The van der Waals surface area contributed by atoms with E-state index in [1.165, 1.54) is 25.7 Å². The van der Waals surface area contributed by atoms with E-state index in [2.05, 4.69) is 39.8 Å². The molecule has 0 spiro atoms. The van der Waals surface area contributed by atoms with E-state index >= 15 is 0 Å². The second-order valence-corrected chi connectivity index (χ2v) is 13.2. The van der Waals surface area contributed by atoms with E-state index in [4.69, 9.17) is 0 Å². The first-order valence-electron chi connectivity index (χ1n) is 7.93. The van der Waals surface area contributed by atoms with Crippen molar-refractivity contribution in [2.45, 2.75) is 62.8 Å². The molecule has 0 N–H and O–H groups in total. The summed E-state index contributed by atoms with van der Waals surface area (Å²) >= 11 is -1.75. The van der Waals surface area contributed by atoms with Gasteiger partial charge in [0.25, 0.3) is 0 Å². The zero-order valence-electron chi connectivity index (χ0n) is 13.7. The molecule has 0 saturated carbocycles. The third kappa shape index (κ3) is 3.02. The molecule has 0 nitrogen and oxygen atoms in total. The fraction of sp³-hybridized carbons (Fsp3) is 0.556. The second-order valence-electron chi connectivity index (χ2n) is 6.36. The van der Waals surface area contributed by atoms with Gasteiger partial charge in [0.15, 0.2) is 0 Å². The van der Waals surface area contributed by atoms with Crippen molar-refractivity contribution in [3.05, 3.63) is 42.2 Å². The Kier molecular flexibility index (Phi) is 6.63. The quantitative estimate of drug-likeness (QED) is 0.620. The summed E-state index contributed by atoms with van der Waals surface area (Å²) in [5.41, 5.74) is 6.69. The Morgan fingerprint density at radius 3 is 1.43 bits per heavy atom. The molecule has 2 aliphatic carbocycles. The molecule has 1 heterocycles. The minimum absolute atomic E-state index is 0. The zero-order valence-corrected chi connectivity index (χ0v) is 16.7. The van der Waals surface area contributed by atoms with Gasteiger partial charge in [-0.25, -0.2) is 0 Å². The first kappa shape index (κ1) is 19.3. The Hall–Kier alpha value is 0.254. The topological polar surface area (TPSA) is 0 Å². The van der Waals surface area contributed by atoms with Gasteiger partial charge in [-0.2, -0.15) is 0 Å². The van der Waals surface area contributed by atoms with E-state index in [1.54, 1.807) is 31.7 Å². The molecule has 3 rings (SSSR count). The van der Waals surface area contributed by atoms with E-state index in [0.717, 1.165) is 0 Å². The normalized spacial score (nSPS) is 21.1. The van der Waals surface area contributed by atoms with Crippen LogP contribution in [0.25, 0.3) is 0 Å². The average Bonchev–Trinajstić information content (AvgIpc) is 2.98. The first-order valence-corrected chi connectivity index (χ1v) is 11.7. The van der Waals surface area contributed by atoms with E-state index in [1.807, 2.05) is 7.76 Å². The minimum Gasteiger partial charge on any atom is -1.00 e. The van der Waals surface area contributed by atoms with Crippen LogP contribution in [-0.4, -0.2) is 0 Å². The summed E-state index contributed by atoms with van der Waals surface area (Å²) in [6.45, 7) is 9.42. The Labute approximate surface area is 146 Å². The Balaban J connectivity index is 0.00000110. The van der Waals surface area contributed by atoms with Crippen LogP contribution in [-0.2, 0) is 16.6 Å². The number of rotatable bonds is 4. The molecule has 0 amide bonds. The van der Waals surface area contributed by atoms with Gasteiger partial charge in [0.2, 0.25) is 0 Å². The number of hydrogen-bond acceptors (Lipinski definition) is 0. The molecule has 3 aliphatic rings. The summed E-state index contributed by atoms with van der Waals surface area (Å²) in [7, 11) is 0. The third-order valence-corrected chi connectivity index (χ3v) is 13.4. The molecular formula is C18H26Cl2Ti. The standard InChI is InChI=1S/2C8H11.C2H4.2ClH.Ti/c2*1-3-8-6-4-5-7(8)2;1-2;;;/h2*6H,3-4H2,1-2H3;1-2H2;2*1H;/q;;;;;+2/p-2. The summed E-state index contributed by atoms with van der Waals surface area (Å²) in [6.07, 6.45) is 10.1. The van der Waals surface area contributed by atoms with Crippen LogP contribution < -0.4 is 24.8 Å². The molecule has 0 radical (unpaired) electrons. The smallest absolute Gasteiger partial charge is 1.00 e. The number of hydrogen-bond donors (Lipinski definition) is 0. The number of halogens is 2. The molecule has 21 heavy (non-hydrogen) atoms. The van der Waals surface area contributed by atoms with Crippen molar-refractivity contribution in [1.29, 1.82) is 0 Å². The largest absolute Gasteiger partial charge is 1.00 e. The van der Waals surface area contributed by atoms with Crippen molar-refractivity contribution in [3.8, 4) is 0 Å². The Morgan fingerprint density at radius 2 is 1.19 bits per heavy atom.